The average molecular weight is 414 g/mol. The summed E-state index contributed by atoms with van der Waals surface area (Å²) in [5.41, 5.74) is 5.35. The Kier molecular flexibility index (Phi) is 6.03. The summed E-state index contributed by atoms with van der Waals surface area (Å²) < 4.78 is 7.63. The number of aryl methyl sites for hydroxylation is 2. The van der Waals surface area contributed by atoms with E-state index in [1.54, 1.807) is 12.1 Å². The van der Waals surface area contributed by atoms with Crippen molar-refractivity contribution in [3.05, 3.63) is 83.6 Å². The number of unbranched alkanes of at least 4 members (excludes halogenated alkanes) is 1. The Morgan fingerprint density at radius 1 is 1.06 bits per heavy atom. The Morgan fingerprint density at radius 2 is 1.84 bits per heavy atom. The predicted molar refractivity (Wildman–Crippen MR) is 125 cm³/mol. The molecule has 0 saturated carbocycles. The molecule has 0 bridgehead atoms. The number of aromatic nitrogens is 2. The third kappa shape index (κ3) is 4.45. The number of pyridine rings is 1. The molecule has 2 aromatic heterocycles. The van der Waals surface area contributed by atoms with Crippen molar-refractivity contribution in [3.63, 3.8) is 0 Å². The van der Waals surface area contributed by atoms with E-state index in [1.165, 1.54) is 0 Å². The van der Waals surface area contributed by atoms with Gasteiger partial charge in [0.25, 0.3) is 5.91 Å². The number of rotatable bonds is 7. The Morgan fingerprint density at radius 3 is 2.58 bits per heavy atom. The van der Waals surface area contributed by atoms with Crippen molar-refractivity contribution in [2.75, 3.05) is 11.9 Å². The van der Waals surface area contributed by atoms with E-state index in [4.69, 9.17) is 9.72 Å². The second-order valence-corrected chi connectivity index (χ2v) is 7.74. The molecule has 31 heavy (non-hydrogen) atoms. The van der Waals surface area contributed by atoms with Crippen LogP contribution in [0.15, 0.2) is 66.9 Å². The maximum atomic E-state index is 13.1. The van der Waals surface area contributed by atoms with Crippen LogP contribution < -0.4 is 10.1 Å². The third-order valence-electron chi connectivity index (χ3n) is 5.30. The van der Waals surface area contributed by atoms with Crippen LogP contribution in [0, 0.1) is 13.8 Å². The molecular weight excluding hydrogens is 386 g/mol. The fourth-order valence-electron chi connectivity index (χ4n) is 3.51. The Bertz CT molecular complexity index is 1210. The highest BCUT2D eigenvalue weighted by atomic mass is 16.5. The van der Waals surface area contributed by atoms with Crippen LogP contribution in [0.5, 0.6) is 5.75 Å². The van der Waals surface area contributed by atoms with Crippen LogP contribution in [-0.4, -0.2) is 21.9 Å². The quantitative estimate of drug-likeness (QED) is 0.375. The lowest BCUT2D eigenvalue weighted by atomic mass is 10.1. The number of carbonyl (C=O) groups is 1. The summed E-state index contributed by atoms with van der Waals surface area (Å²) in [7, 11) is 0. The summed E-state index contributed by atoms with van der Waals surface area (Å²) in [6.07, 6.45) is 4.04. The second kappa shape index (κ2) is 9.04. The van der Waals surface area contributed by atoms with Crippen LogP contribution in [0.4, 0.5) is 5.82 Å². The molecule has 0 saturated heterocycles. The summed E-state index contributed by atoms with van der Waals surface area (Å²) in [5, 5.41) is 3.09. The van der Waals surface area contributed by atoms with E-state index < -0.39 is 0 Å². The van der Waals surface area contributed by atoms with Gasteiger partial charge >= 0.3 is 0 Å². The molecular formula is C26H27N3O2. The summed E-state index contributed by atoms with van der Waals surface area (Å²) in [6.45, 7) is 6.89. The van der Waals surface area contributed by atoms with E-state index in [9.17, 15) is 4.79 Å². The van der Waals surface area contributed by atoms with Gasteiger partial charge in [0.15, 0.2) is 0 Å². The predicted octanol–water partition coefficient (Wildman–Crippen LogP) is 6.05. The molecule has 0 spiro atoms. The maximum absolute atomic E-state index is 13.1. The number of benzene rings is 2. The van der Waals surface area contributed by atoms with Gasteiger partial charge in [-0.15, -0.1) is 0 Å². The number of carbonyl (C=O) groups excluding carboxylic acids is 1. The van der Waals surface area contributed by atoms with E-state index in [1.807, 2.05) is 73.0 Å². The minimum absolute atomic E-state index is 0.183. The molecule has 0 aliphatic carbocycles. The normalized spacial score (nSPS) is 10.9. The number of hydrogen-bond acceptors (Lipinski definition) is 3. The van der Waals surface area contributed by atoms with Crippen LogP contribution in [0.1, 0.15) is 41.3 Å². The van der Waals surface area contributed by atoms with E-state index in [2.05, 4.69) is 12.2 Å². The number of nitrogens with zero attached hydrogens (tertiary/aromatic N) is 2. The van der Waals surface area contributed by atoms with Crippen LogP contribution in [0.25, 0.3) is 16.9 Å². The monoisotopic (exact) mass is 413 g/mol. The smallest absolute Gasteiger partial charge is 0.256 e. The van der Waals surface area contributed by atoms with Gasteiger partial charge in [-0.25, -0.2) is 4.98 Å². The van der Waals surface area contributed by atoms with Gasteiger partial charge in [0, 0.05) is 17.3 Å². The van der Waals surface area contributed by atoms with Gasteiger partial charge in [-0.3, -0.25) is 9.20 Å². The van der Waals surface area contributed by atoms with Gasteiger partial charge < -0.3 is 10.1 Å². The Hall–Kier alpha value is -3.60. The van der Waals surface area contributed by atoms with Crippen LogP contribution in [0.3, 0.4) is 0 Å². The maximum Gasteiger partial charge on any atom is 0.256 e. The lowest BCUT2D eigenvalue weighted by molar-refractivity contribution is 0.102. The molecule has 0 unspecified atom stereocenters. The van der Waals surface area contributed by atoms with E-state index >= 15 is 0 Å². The topological polar surface area (TPSA) is 55.6 Å². The molecule has 4 rings (SSSR count). The molecule has 1 amide bonds. The molecule has 5 heteroatoms. The highest BCUT2D eigenvalue weighted by molar-refractivity contribution is 6.06. The zero-order chi connectivity index (χ0) is 21.8. The van der Waals surface area contributed by atoms with Crippen molar-refractivity contribution in [2.24, 2.45) is 0 Å². The average Bonchev–Trinajstić information content (AvgIpc) is 3.11. The molecule has 0 atom stereocenters. The highest BCUT2D eigenvalue weighted by Crippen LogP contribution is 2.31. The SMILES string of the molecule is CCCCOc1ccc(C(=O)Nc2c(-c3ccccc3C)nc3cc(C)ccn23)cc1. The number of nitrogens with one attached hydrogen (secondary N) is 1. The van der Waals surface area contributed by atoms with Gasteiger partial charge in [-0.05, 0) is 67.8 Å². The van der Waals surface area contributed by atoms with Gasteiger partial charge in [0.2, 0.25) is 0 Å². The first kappa shape index (κ1) is 20.7. The molecule has 5 nitrogen and oxygen atoms in total. The van der Waals surface area contributed by atoms with Crippen molar-refractivity contribution in [2.45, 2.75) is 33.6 Å². The zero-order valence-electron chi connectivity index (χ0n) is 18.2. The van der Waals surface area contributed by atoms with Crippen LogP contribution in [0.2, 0.25) is 0 Å². The van der Waals surface area contributed by atoms with Crippen molar-refractivity contribution in [1.29, 1.82) is 0 Å². The molecule has 158 valence electrons. The van der Waals surface area contributed by atoms with Crippen molar-refractivity contribution in [3.8, 4) is 17.0 Å². The summed E-state index contributed by atoms with van der Waals surface area (Å²) in [4.78, 5) is 17.9. The standard InChI is InChI=1S/C26H27N3O2/c1-4-5-16-31-21-12-10-20(11-13-21)26(30)28-25-24(22-9-7-6-8-19(22)3)27-23-17-18(2)14-15-29(23)25/h6-15,17H,4-5,16H2,1-3H3,(H,28,30). The molecule has 1 N–H and O–H groups in total. The van der Waals surface area contributed by atoms with Gasteiger partial charge in [0.1, 0.15) is 22.9 Å². The summed E-state index contributed by atoms with van der Waals surface area (Å²) >= 11 is 0. The Labute approximate surface area is 182 Å². The number of hydrogen-bond donors (Lipinski definition) is 1. The van der Waals surface area contributed by atoms with Crippen LogP contribution >= 0.6 is 0 Å². The number of anilines is 1. The van der Waals surface area contributed by atoms with Crippen molar-refractivity contribution in [1.82, 2.24) is 9.38 Å². The van der Waals surface area contributed by atoms with Gasteiger partial charge in [0.05, 0.1) is 6.61 Å². The number of amides is 1. The fourth-order valence-corrected chi connectivity index (χ4v) is 3.51. The molecule has 4 aromatic rings. The molecule has 2 aromatic carbocycles. The minimum Gasteiger partial charge on any atom is -0.494 e. The molecule has 2 heterocycles. The number of fused-ring (bicyclic) bond motifs is 1. The fraction of sp³-hybridized carbons (Fsp3) is 0.231. The lowest BCUT2D eigenvalue weighted by Crippen LogP contribution is -2.14. The van der Waals surface area contributed by atoms with E-state index in [0.29, 0.717) is 18.0 Å². The van der Waals surface area contributed by atoms with Crippen LogP contribution in [-0.2, 0) is 0 Å². The first-order valence-electron chi connectivity index (χ1n) is 10.7. The second-order valence-electron chi connectivity index (χ2n) is 7.74. The number of ether oxygens (including phenoxy) is 1. The minimum atomic E-state index is -0.183. The zero-order valence-corrected chi connectivity index (χ0v) is 18.2. The summed E-state index contributed by atoms with van der Waals surface area (Å²) in [6, 6.07) is 19.3. The first-order chi connectivity index (χ1) is 15.1. The van der Waals surface area contributed by atoms with E-state index in [-0.39, 0.29) is 5.91 Å². The van der Waals surface area contributed by atoms with E-state index in [0.717, 1.165) is 46.6 Å². The summed E-state index contributed by atoms with van der Waals surface area (Å²) in [5.74, 6) is 1.26. The number of imidazole rings is 1. The molecule has 0 aliphatic heterocycles. The molecule has 0 aliphatic rings. The van der Waals surface area contributed by atoms with Crippen molar-refractivity contribution < 1.29 is 9.53 Å². The molecule has 0 radical (unpaired) electrons. The largest absolute Gasteiger partial charge is 0.494 e. The molecule has 0 fully saturated rings. The lowest BCUT2D eigenvalue weighted by Gasteiger charge is -2.10. The highest BCUT2D eigenvalue weighted by Gasteiger charge is 2.18. The third-order valence-corrected chi connectivity index (χ3v) is 5.30. The van der Waals surface area contributed by atoms with Gasteiger partial charge in [-0.2, -0.15) is 0 Å². The van der Waals surface area contributed by atoms with Crippen molar-refractivity contribution >= 4 is 17.4 Å². The Balaban J connectivity index is 1.66. The van der Waals surface area contributed by atoms with Gasteiger partial charge in [-0.1, -0.05) is 37.6 Å². The first-order valence-corrected chi connectivity index (χ1v) is 10.7.